The van der Waals surface area contributed by atoms with Crippen LogP contribution < -0.4 is 40.7 Å². The molecule has 5 atom stereocenters. The fourth-order valence-corrected chi connectivity index (χ4v) is 16.3. The summed E-state index contributed by atoms with van der Waals surface area (Å²) in [5.41, 5.74) is 7.55. The van der Waals surface area contributed by atoms with Crippen molar-refractivity contribution in [3.8, 4) is 11.5 Å². The molecular formula is C78H96Cl2N9O21P. The highest BCUT2D eigenvalue weighted by molar-refractivity contribution is 7.52. The van der Waals surface area contributed by atoms with Crippen LogP contribution in [0.2, 0.25) is 0 Å². The molecule has 0 aromatic heterocycles. The minimum atomic E-state index is -3.99. The van der Waals surface area contributed by atoms with Gasteiger partial charge in [0.25, 0.3) is 11.8 Å². The molecule has 598 valence electrons. The number of primary amides is 1. The SMILES string of the molecule is CC(C)[C@H](NC(=O)CCOCCOCCOCCOCCOCCOCCN1C(=O)C=CC1=O)C(=O)C[C@@H](CCCNC(N)=O)C(=O)Nc1ccc(COC(=O)N2CCN(C(=O)Oc3cc4c(c5ccccc35)[C@H](CCl)CN4C(=O)C34CC(C(=O)N5C[C@@H](CCl)c6c5cc(OP(C)(=O)O)c5ccccc65)(C3)C4)CC2)cc1. The molecule has 0 spiro atoms. The number of nitrogens with zero attached hydrogens (tertiary/aromatic N) is 5. The number of amides is 10. The topological polar surface area (TPSA) is 369 Å². The van der Waals surface area contributed by atoms with Crippen LogP contribution in [0.3, 0.4) is 0 Å². The third-order valence-corrected chi connectivity index (χ3v) is 22.1. The normalized spacial score (nSPS) is 20.0. The minimum Gasteiger partial charge on any atom is -0.445 e. The first kappa shape index (κ1) is 83.1. The second kappa shape index (κ2) is 38.1. The van der Waals surface area contributed by atoms with Crippen molar-refractivity contribution in [1.29, 1.82) is 0 Å². The van der Waals surface area contributed by atoms with Gasteiger partial charge in [-0.25, -0.2) is 18.9 Å². The molecule has 5 aromatic rings. The van der Waals surface area contributed by atoms with Crippen molar-refractivity contribution in [2.75, 3.05) is 165 Å². The number of anilines is 3. The van der Waals surface area contributed by atoms with E-state index in [4.69, 9.17) is 71.4 Å². The number of nitrogens with one attached hydrogen (secondary N) is 3. The number of hydrogen-bond acceptors (Lipinski definition) is 20. The van der Waals surface area contributed by atoms with E-state index in [1.165, 1.54) is 22.0 Å². The van der Waals surface area contributed by atoms with Crippen LogP contribution in [0.5, 0.6) is 11.5 Å². The largest absolute Gasteiger partial charge is 0.445 e. The Kier molecular flexibility index (Phi) is 28.6. The summed E-state index contributed by atoms with van der Waals surface area (Å²) in [6.45, 7) is 9.60. The summed E-state index contributed by atoms with van der Waals surface area (Å²) in [4.78, 5) is 151. The molecule has 33 heteroatoms. The first-order valence-corrected chi connectivity index (χ1v) is 40.5. The number of Topliss-reactive ketones (excluding diaryl/α,β-unsaturated/α-hetero) is 1. The summed E-state index contributed by atoms with van der Waals surface area (Å²) < 4.78 is 63.1. The maximum Gasteiger partial charge on any atom is 0.415 e. The Morgan fingerprint density at radius 3 is 1.59 bits per heavy atom. The molecule has 4 aliphatic heterocycles. The van der Waals surface area contributed by atoms with Gasteiger partial charge in [0.1, 0.15) is 18.1 Å². The van der Waals surface area contributed by atoms with E-state index in [9.17, 15) is 57.4 Å². The number of rotatable bonds is 41. The summed E-state index contributed by atoms with van der Waals surface area (Å²) in [5, 5.41) is 11.0. The first-order valence-electron chi connectivity index (χ1n) is 37.4. The molecule has 4 fully saturated rings. The van der Waals surface area contributed by atoms with Crippen molar-refractivity contribution in [1.82, 2.24) is 25.3 Å². The number of carbonyl (C=O) groups is 10. The van der Waals surface area contributed by atoms with Crippen molar-refractivity contribution in [3.05, 3.63) is 114 Å². The van der Waals surface area contributed by atoms with E-state index in [-0.39, 0.29) is 169 Å². The molecule has 111 heavy (non-hydrogen) atoms. The van der Waals surface area contributed by atoms with Crippen LogP contribution >= 0.6 is 30.8 Å². The molecule has 5 aromatic carbocycles. The van der Waals surface area contributed by atoms with Crippen LogP contribution in [-0.2, 0) is 77.9 Å². The monoisotopic (exact) mass is 1600 g/mol. The lowest BCUT2D eigenvalue weighted by Crippen LogP contribution is -2.73. The molecule has 7 aliphatic rings. The molecular weight excluding hydrogens is 1500 g/mol. The molecule has 0 radical (unpaired) electrons. The Morgan fingerprint density at radius 2 is 1.10 bits per heavy atom. The number of piperazine rings is 1. The highest BCUT2D eigenvalue weighted by Crippen LogP contribution is 2.75. The molecule has 10 amide bonds. The van der Waals surface area contributed by atoms with Gasteiger partial charge in [-0.1, -0.05) is 74.5 Å². The first-order chi connectivity index (χ1) is 53.4. The predicted octanol–water partition coefficient (Wildman–Crippen LogP) is 8.37. The fraction of sp³-hybridized carbons (Fsp3) is 0.513. The zero-order chi connectivity index (χ0) is 79.0. The Bertz CT molecular complexity index is 4290. The van der Waals surface area contributed by atoms with E-state index >= 15 is 0 Å². The van der Waals surface area contributed by atoms with Crippen molar-refractivity contribution in [3.63, 3.8) is 0 Å². The number of benzene rings is 5. The van der Waals surface area contributed by atoms with E-state index in [2.05, 4.69) is 16.0 Å². The molecule has 3 saturated carbocycles. The van der Waals surface area contributed by atoms with Gasteiger partial charge in [-0.3, -0.25) is 38.5 Å². The van der Waals surface area contributed by atoms with Gasteiger partial charge in [-0.05, 0) is 77.6 Å². The Labute approximate surface area is 652 Å². The third kappa shape index (κ3) is 20.5. The lowest BCUT2D eigenvalue weighted by atomic mass is 9.34. The van der Waals surface area contributed by atoms with Crippen molar-refractivity contribution in [2.24, 2.45) is 28.4 Å². The molecule has 30 nitrogen and oxygen atoms in total. The Hall–Kier alpha value is -8.81. The van der Waals surface area contributed by atoms with Gasteiger partial charge >= 0.3 is 25.8 Å². The number of hydrogen-bond donors (Lipinski definition) is 5. The summed E-state index contributed by atoms with van der Waals surface area (Å²) in [5.74, 6) is -2.94. The average molecular weight is 1600 g/mol. The van der Waals surface area contributed by atoms with E-state index in [1.54, 1.807) is 66.1 Å². The van der Waals surface area contributed by atoms with Crippen LogP contribution in [0.15, 0.2) is 97.1 Å². The van der Waals surface area contributed by atoms with Gasteiger partial charge in [0.15, 0.2) is 5.78 Å². The van der Waals surface area contributed by atoms with Gasteiger partial charge < -0.3 is 88.6 Å². The number of urea groups is 1. The molecule has 4 heterocycles. The zero-order valence-corrected chi connectivity index (χ0v) is 64.9. The van der Waals surface area contributed by atoms with E-state index in [0.717, 1.165) is 33.5 Å². The summed E-state index contributed by atoms with van der Waals surface area (Å²) in [6, 6.07) is 23.2. The number of nitrogens with two attached hydrogens (primary N) is 1. The third-order valence-electron chi connectivity index (χ3n) is 20.8. The van der Waals surface area contributed by atoms with Crippen LogP contribution in [-0.4, -0.2) is 235 Å². The van der Waals surface area contributed by atoms with E-state index < -0.39 is 60.4 Å². The number of ketones is 1. The van der Waals surface area contributed by atoms with Crippen molar-refractivity contribution >= 4 is 129 Å². The molecule has 2 bridgehead atoms. The highest BCUT2D eigenvalue weighted by Gasteiger charge is 2.76. The highest BCUT2D eigenvalue weighted by atomic mass is 35.5. The number of halogens is 2. The number of carbonyl (C=O) groups excluding carboxylic acids is 10. The maximum atomic E-state index is 15.0. The van der Waals surface area contributed by atoms with Crippen LogP contribution in [0, 0.1) is 22.7 Å². The zero-order valence-electron chi connectivity index (χ0n) is 62.5. The number of imide groups is 1. The number of ether oxygens (including phenoxy) is 8. The molecule has 3 aliphatic carbocycles. The van der Waals surface area contributed by atoms with Crippen LogP contribution in [0.25, 0.3) is 21.5 Å². The standard InChI is InChI=1S/C78H96Cl2N9O21P/c1-50(2)70(84-65(91)20-27-102-29-31-104-33-35-106-37-38-107-36-34-105-32-30-103-28-26-87-66(92)18-19-67(87)93)62(90)39-52(9-8-21-82-74(81)97)71(94)83-55-16-14-51(15-17-55)46-108-75(98)85-22-24-86(25-23-85)76(99)109-63-40-60-68(58-12-6-4-10-56(58)63)53(42-79)44-88(60)72(95)77-47-78(48-77,49-77)73(96)89-45-54(43-80)69-59-13-7-5-11-57(59)64(41-61(69)89)110-111(3,100)101/h4-7,10-19,40-41,50,52-54,70H,8-9,20-39,42-49H2,1-3H3,(H,83,94)(H,84,91)(H,100,101)(H3,81,82,97)/t52-,53-,54-,70+,77?,78?/m1/s1. The van der Waals surface area contributed by atoms with Gasteiger partial charge in [-0.15, -0.1) is 23.2 Å². The van der Waals surface area contributed by atoms with Gasteiger partial charge in [0.2, 0.25) is 23.6 Å². The number of fused-ring (bicyclic) bond motifs is 6. The number of alkyl halides is 2. The maximum absolute atomic E-state index is 15.0. The Balaban J connectivity index is 0.590. The van der Waals surface area contributed by atoms with Crippen LogP contribution in [0.4, 0.5) is 31.4 Å². The van der Waals surface area contributed by atoms with E-state index in [0.29, 0.717) is 118 Å². The second-order valence-corrected chi connectivity index (χ2v) is 31.4. The van der Waals surface area contributed by atoms with Crippen LogP contribution in [0.1, 0.15) is 87.3 Å². The summed E-state index contributed by atoms with van der Waals surface area (Å²) >= 11 is 13.3. The van der Waals surface area contributed by atoms with Crippen molar-refractivity contribution in [2.45, 2.75) is 83.3 Å². The predicted molar refractivity (Wildman–Crippen MR) is 411 cm³/mol. The Morgan fingerprint density at radius 1 is 0.631 bits per heavy atom. The molecule has 6 N–H and O–H groups in total. The minimum absolute atomic E-state index is 0.0257. The molecule has 1 saturated heterocycles. The average Bonchev–Trinajstić information content (AvgIpc) is 1.55. The quantitative estimate of drug-likeness (QED) is 0.0106. The summed E-state index contributed by atoms with van der Waals surface area (Å²) in [7, 11) is -3.99. The fourth-order valence-electron chi connectivity index (χ4n) is 15.3. The lowest BCUT2D eigenvalue weighted by Gasteiger charge is -2.69. The lowest BCUT2D eigenvalue weighted by molar-refractivity contribution is -0.205. The second-order valence-electron chi connectivity index (χ2n) is 29.0. The van der Waals surface area contributed by atoms with Gasteiger partial charge in [0.05, 0.1) is 114 Å². The van der Waals surface area contributed by atoms with Crippen molar-refractivity contribution < 1.29 is 99.8 Å². The molecule has 12 rings (SSSR count). The van der Waals surface area contributed by atoms with Gasteiger partial charge in [0, 0.05) is 136 Å². The van der Waals surface area contributed by atoms with E-state index in [1.807, 2.05) is 42.5 Å². The molecule has 1 unspecified atom stereocenters. The van der Waals surface area contributed by atoms with Gasteiger partial charge in [-0.2, -0.15) is 0 Å². The summed E-state index contributed by atoms with van der Waals surface area (Å²) in [6.07, 6.45) is 2.47. The smallest absolute Gasteiger partial charge is 0.415 e.